The molecule has 0 saturated heterocycles. The second kappa shape index (κ2) is 7.76. The van der Waals surface area contributed by atoms with E-state index in [0.717, 1.165) is 12.1 Å². The van der Waals surface area contributed by atoms with E-state index < -0.39 is 22.3 Å². The molecule has 0 heterocycles. The Kier molecular flexibility index (Phi) is 6.33. The van der Waals surface area contributed by atoms with Crippen LogP contribution < -0.4 is 5.32 Å². The van der Waals surface area contributed by atoms with Crippen LogP contribution in [0.5, 0.6) is 0 Å². The summed E-state index contributed by atoms with van der Waals surface area (Å²) in [4.78, 5) is 21.6. The predicted molar refractivity (Wildman–Crippen MR) is 71.5 cm³/mol. The second-order valence-electron chi connectivity index (χ2n) is 4.02. The number of hydrogen-bond acceptors (Lipinski definition) is 4. The zero-order valence-electron chi connectivity index (χ0n) is 10.8. The van der Waals surface area contributed by atoms with Gasteiger partial charge in [0.15, 0.2) is 0 Å². The highest BCUT2D eigenvalue weighted by molar-refractivity contribution is 6.17. The van der Waals surface area contributed by atoms with Crippen molar-refractivity contribution in [3.8, 4) is 0 Å². The summed E-state index contributed by atoms with van der Waals surface area (Å²) in [5, 5.41) is 13.1. The molecule has 0 spiro atoms. The summed E-state index contributed by atoms with van der Waals surface area (Å²) in [5.74, 6) is -1.29. The van der Waals surface area contributed by atoms with E-state index >= 15 is 0 Å². The van der Waals surface area contributed by atoms with Crippen molar-refractivity contribution >= 4 is 23.2 Å². The molecule has 20 heavy (non-hydrogen) atoms. The minimum Gasteiger partial charge on any atom is -0.383 e. The molecule has 1 atom stereocenters. The number of carbonyl (C=O) groups excluding carboxylic acids is 1. The fraction of sp³-hybridized carbons (Fsp3) is 0.417. The van der Waals surface area contributed by atoms with E-state index in [0.29, 0.717) is 18.4 Å². The number of non-ortho nitro benzene ring substituents is 1. The summed E-state index contributed by atoms with van der Waals surface area (Å²) < 4.78 is 18.6. The first-order chi connectivity index (χ1) is 9.49. The average Bonchev–Trinajstić information content (AvgIpc) is 2.38. The van der Waals surface area contributed by atoms with Crippen molar-refractivity contribution in [2.45, 2.75) is 12.5 Å². The maximum atomic E-state index is 13.7. The first kappa shape index (κ1) is 16.3. The molecule has 8 heteroatoms. The van der Waals surface area contributed by atoms with Gasteiger partial charge in [0.25, 0.3) is 11.6 Å². The number of ether oxygens (including phenoxy) is 1. The van der Waals surface area contributed by atoms with Gasteiger partial charge in [-0.2, -0.15) is 0 Å². The molecule has 0 aliphatic rings. The van der Waals surface area contributed by atoms with Gasteiger partial charge in [0.1, 0.15) is 5.82 Å². The number of nitrogens with zero attached hydrogens (tertiary/aromatic N) is 1. The van der Waals surface area contributed by atoms with Crippen LogP contribution >= 0.6 is 11.6 Å². The van der Waals surface area contributed by atoms with Crippen LogP contribution in [0.3, 0.4) is 0 Å². The number of alkyl halides is 1. The lowest BCUT2D eigenvalue weighted by atomic mass is 10.1. The van der Waals surface area contributed by atoms with Crippen LogP contribution in [0.1, 0.15) is 16.8 Å². The Labute approximate surface area is 120 Å². The largest absolute Gasteiger partial charge is 0.383 e. The Balaban J connectivity index is 2.83. The number of methoxy groups -OCH3 is 1. The van der Waals surface area contributed by atoms with Crippen molar-refractivity contribution in [1.29, 1.82) is 0 Å². The molecule has 1 unspecified atom stereocenters. The number of hydrogen-bond donors (Lipinski definition) is 1. The maximum absolute atomic E-state index is 13.7. The predicted octanol–water partition coefficient (Wildman–Crippen LogP) is 2.11. The Hall–Kier alpha value is -1.73. The lowest BCUT2D eigenvalue weighted by Crippen LogP contribution is -2.38. The van der Waals surface area contributed by atoms with Gasteiger partial charge in [0.2, 0.25) is 0 Å². The summed E-state index contributed by atoms with van der Waals surface area (Å²) in [5.41, 5.74) is -0.667. The molecule has 1 aromatic rings. The van der Waals surface area contributed by atoms with Gasteiger partial charge in [0.05, 0.1) is 29.2 Å². The fourth-order valence-corrected chi connectivity index (χ4v) is 1.86. The van der Waals surface area contributed by atoms with Gasteiger partial charge in [0, 0.05) is 19.1 Å². The second-order valence-corrected chi connectivity index (χ2v) is 4.40. The van der Waals surface area contributed by atoms with Gasteiger partial charge in [-0.3, -0.25) is 14.9 Å². The molecule has 0 saturated carbocycles. The zero-order valence-corrected chi connectivity index (χ0v) is 11.5. The van der Waals surface area contributed by atoms with E-state index in [2.05, 4.69) is 5.32 Å². The number of carbonyl (C=O) groups is 1. The topological polar surface area (TPSA) is 81.5 Å². The van der Waals surface area contributed by atoms with E-state index in [1.807, 2.05) is 0 Å². The monoisotopic (exact) mass is 304 g/mol. The van der Waals surface area contributed by atoms with Crippen molar-refractivity contribution in [2.75, 3.05) is 19.6 Å². The minimum atomic E-state index is -0.946. The van der Waals surface area contributed by atoms with E-state index in [-0.39, 0.29) is 18.2 Å². The van der Waals surface area contributed by atoms with Gasteiger partial charge in [-0.05, 0) is 12.5 Å². The van der Waals surface area contributed by atoms with E-state index in [9.17, 15) is 19.3 Å². The third-order valence-electron chi connectivity index (χ3n) is 2.57. The molecule has 1 amide bonds. The van der Waals surface area contributed by atoms with Crippen LogP contribution in [0, 0.1) is 15.9 Å². The lowest BCUT2D eigenvalue weighted by Gasteiger charge is -2.16. The summed E-state index contributed by atoms with van der Waals surface area (Å²) in [6, 6.07) is 2.51. The van der Waals surface area contributed by atoms with Crippen molar-refractivity contribution in [3.63, 3.8) is 0 Å². The molecular formula is C12H14ClFN2O4. The Morgan fingerprint density at radius 1 is 1.60 bits per heavy atom. The van der Waals surface area contributed by atoms with E-state index in [4.69, 9.17) is 16.3 Å². The normalized spacial score (nSPS) is 11.9. The van der Waals surface area contributed by atoms with Gasteiger partial charge in [-0.25, -0.2) is 4.39 Å². The van der Waals surface area contributed by atoms with Gasteiger partial charge >= 0.3 is 0 Å². The van der Waals surface area contributed by atoms with Gasteiger partial charge < -0.3 is 10.1 Å². The Morgan fingerprint density at radius 3 is 2.80 bits per heavy atom. The summed E-state index contributed by atoms with van der Waals surface area (Å²) in [7, 11) is 1.47. The molecule has 0 fully saturated rings. The molecule has 1 N–H and O–H groups in total. The molecule has 0 aliphatic heterocycles. The third kappa shape index (κ3) is 4.43. The Bertz CT molecular complexity index is 492. The Morgan fingerprint density at radius 2 is 2.30 bits per heavy atom. The number of amides is 1. The number of halogens is 2. The molecule has 0 bridgehead atoms. The number of nitro benzene ring substituents is 1. The van der Waals surface area contributed by atoms with Crippen LogP contribution in [0.2, 0.25) is 0 Å². The fourth-order valence-electron chi connectivity index (χ4n) is 1.59. The SMILES string of the molecule is COCC(CCCl)NC(=O)c1ccc([N+](=O)[O-])cc1F. The van der Waals surface area contributed by atoms with Crippen LogP contribution in [0.25, 0.3) is 0 Å². The number of nitro groups is 1. The first-order valence-corrected chi connectivity index (χ1v) is 6.32. The zero-order chi connectivity index (χ0) is 15.1. The van der Waals surface area contributed by atoms with E-state index in [1.54, 1.807) is 0 Å². The van der Waals surface area contributed by atoms with Crippen molar-refractivity contribution in [3.05, 3.63) is 39.7 Å². The standard InChI is InChI=1S/C12H14ClFN2O4/c1-20-7-8(4-5-13)15-12(17)10-3-2-9(16(18)19)6-11(10)14/h2-3,6,8H,4-5,7H2,1H3,(H,15,17). The molecule has 0 radical (unpaired) electrons. The third-order valence-corrected chi connectivity index (χ3v) is 2.79. The molecular weight excluding hydrogens is 291 g/mol. The quantitative estimate of drug-likeness (QED) is 0.475. The summed E-state index contributed by atoms with van der Waals surface area (Å²) in [6.45, 7) is 0.243. The summed E-state index contributed by atoms with van der Waals surface area (Å²) in [6.07, 6.45) is 0.468. The first-order valence-electron chi connectivity index (χ1n) is 5.79. The molecule has 110 valence electrons. The molecule has 6 nitrogen and oxygen atoms in total. The maximum Gasteiger partial charge on any atom is 0.272 e. The van der Waals surface area contributed by atoms with Crippen molar-refractivity contribution < 1.29 is 18.8 Å². The average molecular weight is 305 g/mol. The van der Waals surface area contributed by atoms with Gasteiger partial charge in [-0.1, -0.05) is 0 Å². The minimum absolute atomic E-state index is 0.243. The summed E-state index contributed by atoms with van der Waals surface area (Å²) >= 11 is 5.59. The number of rotatable bonds is 7. The highest BCUT2D eigenvalue weighted by Crippen LogP contribution is 2.16. The molecule has 0 aromatic heterocycles. The van der Waals surface area contributed by atoms with Crippen LogP contribution in [0.15, 0.2) is 18.2 Å². The molecule has 0 aliphatic carbocycles. The van der Waals surface area contributed by atoms with Gasteiger partial charge in [-0.15, -0.1) is 11.6 Å². The van der Waals surface area contributed by atoms with Crippen LogP contribution in [0.4, 0.5) is 10.1 Å². The van der Waals surface area contributed by atoms with Crippen molar-refractivity contribution in [2.24, 2.45) is 0 Å². The lowest BCUT2D eigenvalue weighted by molar-refractivity contribution is -0.385. The number of benzene rings is 1. The smallest absolute Gasteiger partial charge is 0.272 e. The molecule has 1 aromatic carbocycles. The highest BCUT2D eigenvalue weighted by atomic mass is 35.5. The van der Waals surface area contributed by atoms with Crippen molar-refractivity contribution in [1.82, 2.24) is 5.32 Å². The van der Waals surface area contributed by atoms with E-state index in [1.165, 1.54) is 7.11 Å². The van der Waals surface area contributed by atoms with Crippen LogP contribution in [-0.2, 0) is 4.74 Å². The molecule has 1 rings (SSSR count). The van der Waals surface area contributed by atoms with Crippen LogP contribution in [-0.4, -0.2) is 36.5 Å². The highest BCUT2D eigenvalue weighted by Gasteiger charge is 2.19. The number of nitrogens with one attached hydrogen (secondary N) is 1.